The van der Waals surface area contributed by atoms with Crippen LogP contribution in [0.2, 0.25) is 0 Å². The van der Waals surface area contributed by atoms with Crippen molar-refractivity contribution in [2.75, 3.05) is 10.6 Å². The molecule has 0 aromatic heterocycles. The van der Waals surface area contributed by atoms with Gasteiger partial charge in [-0.2, -0.15) is 0 Å². The Bertz CT molecular complexity index is 788. The minimum absolute atomic E-state index is 0.201. The smallest absolute Gasteiger partial charge is 0.257 e. The molecule has 2 aromatic carbocycles. The van der Waals surface area contributed by atoms with Gasteiger partial charge >= 0.3 is 0 Å². The van der Waals surface area contributed by atoms with E-state index in [1.54, 1.807) is 30.3 Å². The van der Waals surface area contributed by atoms with Gasteiger partial charge in [0.1, 0.15) is 0 Å². The molecule has 0 atom stereocenters. The van der Waals surface area contributed by atoms with E-state index in [0.29, 0.717) is 5.56 Å². The lowest BCUT2D eigenvalue weighted by Crippen LogP contribution is -2.34. The lowest BCUT2D eigenvalue weighted by molar-refractivity contribution is 0.0977. The number of hydrogen-bond acceptors (Lipinski definition) is 3. The first-order valence-corrected chi connectivity index (χ1v) is 8.03. The van der Waals surface area contributed by atoms with Gasteiger partial charge in [-0.15, -0.1) is 0 Å². The lowest BCUT2D eigenvalue weighted by Gasteiger charge is -2.12. The highest BCUT2D eigenvalue weighted by molar-refractivity contribution is 7.80. The highest BCUT2D eigenvalue weighted by atomic mass is 32.1. The van der Waals surface area contributed by atoms with Crippen molar-refractivity contribution < 1.29 is 4.79 Å². The predicted octanol–water partition coefficient (Wildman–Crippen LogP) is 3.09. The topological polar surface area (TPSA) is 79.2 Å². The Balaban J connectivity index is 1.97. The van der Waals surface area contributed by atoms with E-state index in [0.717, 1.165) is 22.5 Å². The number of carbonyl (C=O) groups is 1. The van der Waals surface area contributed by atoms with E-state index in [-0.39, 0.29) is 16.1 Å². The first-order chi connectivity index (χ1) is 11.3. The molecule has 2 aromatic rings. The standard InChI is InChI=1S/C17H18N4OS2/c1-10-3-8-14(11(2)9-10)15(22)21-17(24)20-13-6-4-12(5-7-13)19-16(18)23/h3-9H,1-2H3,(H3,18,19,23)(H2,20,21,22,24). The Morgan fingerprint density at radius 1 is 0.958 bits per heavy atom. The molecule has 0 saturated heterocycles. The Morgan fingerprint density at radius 3 is 2.08 bits per heavy atom. The van der Waals surface area contributed by atoms with Crippen molar-refractivity contribution in [1.29, 1.82) is 0 Å². The molecule has 2 rings (SSSR count). The fourth-order valence-electron chi connectivity index (χ4n) is 2.18. The molecule has 5 N–H and O–H groups in total. The number of aryl methyl sites for hydroxylation is 2. The van der Waals surface area contributed by atoms with Crippen LogP contribution in [0.3, 0.4) is 0 Å². The van der Waals surface area contributed by atoms with Gasteiger partial charge in [-0.05, 0) is 74.2 Å². The summed E-state index contributed by atoms with van der Waals surface area (Å²) < 4.78 is 0. The van der Waals surface area contributed by atoms with Gasteiger partial charge in [-0.1, -0.05) is 17.7 Å². The zero-order valence-electron chi connectivity index (χ0n) is 13.3. The van der Waals surface area contributed by atoms with Crippen LogP contribution in [0.25, 0.3) is 0 Å². The summed E-state index contributed by atoms with van der Waals surface area (Å²) in [7, 11) is 0. The van der Waals surface area contributed by atoms with E-state index < -0.39 is 0 Å². The van der Waals surface area contributed by atoms with Crippen LogP contribution in [0.1, 0.15) is 21.5 Å². The van der Waals surface area contributed by atoms with Gasteiger partial charge in [0.25, 0.3) is 5.91 Å². The summed E-state index contributed by atoms with van der Waals surface area (Å²) in [5, 5.41) is 8.90. The normalized spacial score (nSPS) is 9.92. The van der Waals surface area contributed by atoms with E-state index in [1.807, 2.05) is 26.0 Å². The first kappa shape index (κ1) is 17.8. The third-order valence-corrected chi connectivity index (χ3v) is 3.57. The Morgan fingerprint density at radius 2 is 1.54 bits per heavy atom. The highest BCUT2D eigenvalue weighted by Crippen LogP contribution is 2.14. The van der Waals surface area contributed by atoms with Crippen molar-refractivity contribution in [3.63, 3.8) is 0 Å². The monoisotopic (exact) mass is 358 g/mol. The van der Waals surface area contributed by atoms with Gasteiger partial charge in [0.05, 0.1) is 0 Å². The van der Waals surface area contributed by atoms with Crippen molar-refractivity contribution in [3.8, 4) is 0 Å². The molecule has 0 bridgehead atoms. The lowest BCUT2D eigenvalue weighted by atomic mass is 10.1. The number of anilines is 2. The first-order valence-electron chi connectivity index (χ1n) is 7.21. The maximum absolute atomic E-state index is 12.3. The number of nitrogens with one attached hydrogen (secondary N) is 3. The van der Waals surface area contributed by atoms with Crippen molar-refractivity contribution in [2.24, 2.45) is 5.73 Å². The summed E-state index contributed by atoms with van der Waals surface area (Å²) in [6.07, 6.45) is 0. The van der Waals surface area contributed by atoms with Crippen LogP contribution >= 0.6 is 24.4 Å². The van der Waals surface area contributed by atoms with Gasteiger partial charge in [0.15, 0.2) is 10.2 Å². The van der Waals surface area contributed by atoms with Gasteiger partial charge in [0, 0.05) is 16.9 Å². The molecule has 5 nitrogen and oxygen atoms in total. The minimum atomic E-state index is -0.239. The fourth-order valence-corrected chi connectivity index (χ4v) is 2.51. The van der Waals surface area contributed by atoms with Gasteiger partial charge in [-0.3, -0.25) is 10.1 Å². The molecule has 0 fully saturated rings. The van der Waals surface area contributed by atoms with Crippen molar-refractivity contribution in [2.45, 2.75) is 13.8 Å². The molecule has 124 valence electrons. The Hall–Kier alpha value is -2.51. The maximum atomic E-state index is 12.3. The van der Waals surface area contributed by atoms with Crippen molar-refractivity contribution >= 4 is 51.9 Å². The van der Waals surface area contributed by atoms with Gasteiger partial charge < -0.3 is 16.4 Å². The molecule has 0 unspecified atom stereocenters. The molecule has 24 heavy (non-hydrogen) atoms. The highest BCUT2D eigenvalue weighted by Gasteiger charge is 2.10. The second kappa shape index (κ2) is 7.85. The van der Waals surface area contributed by atoms with Crippen LogP contribution in [0.15, 0.2) is 42.5 Å². The number of hydrogen-bond donors (Lipinski definition) is 4. The SMILES string of the molecule is Cc1ccc(C(=O)NC(=S)Nc2ccc(NC(N)=S)cc2)c(C)c1. The Labute approximate surface area is 151 Å². The van der Waals surface area contributed by atoms with E-state index >= 15 is 0 Å². The van der Waals surface area contributed by atoms with E-state index in [2.05, 4.69) is 16.0 Å². The van der Waals surface area contributed by atoms with Crippen molar-refractivity contribution in [3.05, 3.63) is 59.2 Å². The molecular weight excluding hydrogens is 340 g/mol. The van der Waals surface area contributed by atoms with Crippen LogP contribution in [0, 0.1) is 13.8 Å². The maximum Gasteiger partial charge on any atom is 0.257 e. The summed E-state index contributed by atoms with van der Waals surface area (Å²) in [6, 6.07) is 12.8. The summed E-state index contributed by atoms with van der Waals surface area (Å²) in [5.74, 6) is -0.239. The number of nitrogens with two attached hydrogens (primary N) is 1. The molecule has 0 aliphatic heterocycles. The third kappa shape index (κ3) is 5.00. The molecule has 0 radical (unpaired) electrons. The van der Waals surface area contributed by atoms with Crippen LogP contribution in [-0.2, 0) is 0 Å². The van der Waals surface area contributed by atoms with Gasteiger partial charge in [0.2, 0.25) is 0 Å². The second-order valence-corrected chi connectivity index (χ2v) is 6.14. The molecular formula is C17H18N4OS2. The molecule has 1 amide bonds. The molecule has 0 saturated carbocycles. The van der Waals surface area contributed by atoms with E-state index in [4.69, 9.17) is 30.2 Å². The molecule has 0 heterocycles. The molecule has 0 aliphatic rings. The minimum Gasteiger partial charge on any atom is -0.376 e. The number of carbonyl (C=O) groups excluding carboxylic acids is 1. The third-order valence-electron chi connectivity index (χ3n) is 3.26. The number of amides is 1. The zero-order chi connectivity index (χ0) is 17.7. The quantitative estimate of drug-likeness (QED) is 0.632. The summed E-state index contributed by atoms with van der Waals surface area (Å²) >= 11 is 9.96. The number of thiocarbonyl (C=S) groups is 2. The van der Waals surface area contributed by atoms with Crippen LogP contribution in [0.4, 0.5) is 11.4 Å². The summed E-state index contributed by atoms with van der Waals surface area (Å²) in [4.78, 5) is 12.3. The number of rotatable bonds is 3. The van der Waals surface area contributed by atoms with Gasteiger partial charge in [-0.25, -0.2) is 0 Å². The molecule has 7 heteroatoms. The van der Waals surface area contributed by atoms with E-state index in [1.165, 1.54) is 0 Å². The molecule has 0 spiro atoms. The average molecular weight is 358 g/mol. The summed E-state index contributed by atoms with van der Waals surface area (Å²) in [6.45, 7) is 3.88. The summed E-state index contributed by atoms with van der Waals surface area (Å²) in [5.41, 5.74) is 9.54. The Kier molecular flexibility index (Phi) is 5.83. The zero-order valence-corrected chi connectivity index (χ0v) is 15.0. The predicted molar refractivity (Wildman–Crippen MR) is 106 cm³/mol. The van der Waals surface area contributed by atoms with Crippen LogP contribution in [0.5, 0.6) is 0 Å². The van der Waals surface area contributed by atoms with Crippen LogP contribution in [-0.4, -0.2) is 16.1 Å². The molecule has 0 aliphatic carbocycles. The van der Waals surface area contributed by atoms with E-state index in [9.17, 15) is 4.79 Å². The fraction of sp³-hybridized carbons (Fsp3) is 0.118. The van der Waals surface area contributed by atoms with Crippen molar-refractivity contribution in [1.82, 2.24) is 5.32 Å². The number of benzene rings is 2. The van der Waals surface area contributed by atoms with Crippen LogP contribution < -0.4 is 21.7 Å². The largest absolute Gasteiger partial charge is 0.376 e. The second-order valence-electron chi connectivity index (χ2n) is 5.29. The average Bonchev–Trinajstić information content (AvgIpc) is 2.48.